The van der Waals surface area contributed by atoms with Crippen molar-refractivity contribution in [3.8, 4) is 5.75 Å². The predicted molar refractivity (Wildman–Crippen MR) is 108 cm³/mol. The molecule has 0 aromatic heterocycles. The van der Waals surface area contributed by atoms with Crippen molar-refractivity contribution in [3.63, 3.8) is 0 Å². The molecule has 0 amide bonds. The van der Waals surface area contributed by atoms with Crippen LogP contribution in [0.5, 0.6) is 5.75 Å². The molecule has 0 N–H and O–H groups in total. The Hall–Kier alpha value is -1.89. The first kappa shape index (κ1) is 21.4. The van der Waals surface area contributed by atoms with Crippen LogP contribution in [0.3, 0.4) is 0 Å². The van der Waals surface area contributed by atoms with Crippen LogP contribution in [-0.4, -0.2) is 46.2 Å². The van der Waals surface area contributed by atoms with Crippen LogP contribution >= 0.6 is 0 Å². The zero-order chi connectivity index (χ0) is 19.7. The minimum absolute atomic E-state index is 0.109. The van der Waals surface area contributed by atoms with E-state index in [4.69, 9.17) is 8.92 Å². The van der Waals surface area contributed by atoms with E-state index in [2.05, 4.69) is 18.7 Å². The van der Waals surface area contributed by atoms with Crippen LogP contribution in [-0.2, 0) is 20.7 Å². The van der Waals surface area contributed by atoms with Gasteiger partial charge in [0.25, 0.3) is 10.1 Å². The van der Waals surface area contributed by atoms with Gasteiger partial charge in [-0.3, -0.25) is 4.18 Å². The summed E-state index contributed by atoms with van der Waals surface area (Å²) in [5.41, 5.74) is 2.01. The molecule has 148 valence electrons. The van der Waals surface area contributed by atoms with Gasteiger partial charge in [-0.2, -0.15) is 8.42 Å². The summed E-state index contributed by atoms with van der Waals surface area (Å²) in [5, 5.41) is 0. The number of ether oxygens (including phenoxy) is 1. The summed E-state index contributed by atoms with van der Waals surface area (Å²) in [6, 6.07) is 14.3. The van der Waals surface area contributed by atoms with E-state index in [1.807, 2.05) is 31.2 Å². The van der Waals surface area contributed by atoms with Gasteiger partial charge in [-0.1, -0.05) is 43.7 Å². The first-order valence-corrected chi connectivity index (χ1v) is 10.8. The highest BCUT2D eigenvalue weighted by Gasteiger charge is 2.14. The van der Waals surface area contributed by atoms with E-state index in [1.165, 1.54) is 0 Å². The monoisotopic (exact) mass is 391 g/mol. The van der Waals surface area contributed by atoms with Crippen molar-refractivity contribution < 1.29 is 17.3 Å². The van der Waals surface area contributed by atoms with Crippen molar-refractivity contribution in [3.05, 3.63) is 59.7 Å². The molecule has 0 saturated carbocycles. The Bertz CT molecular complexity index is 782. The first-order valence-electron chi connectivity index (χ1n) is 9.34. The Kier molecular flexibility index (Phi) is 8.28. The number of likely N-dealkylation sites (N-methyl/N-ethyl adjacent to an activating group) is 1. The fourth-order valence-electron chi connectivity index (χ4n) is 2.63. The SMILES string of the molecule is CCN(CC)CCOc1ccc(CCOS(=O)(=O)c2ccc(C)cc2)cc1. The highest BCUT2D eigenvalue weighted by Crippen LogP contribution is 2.15. The van der Waals surface area contributed by atoms with Gasteiger partial charge in [-0.25, -0.2) is 0 Å². The molecule has 0 bridgehead atoms. The predicted octanol–water partition coefficient (Wildman–Crippen LogP) is 3.66. The van der Waals surface area contributed by atoms with Crippen LogP contribution in [0.1, 0.15) is 25.0 Å². The summed E-state index contributed by atoms with van der Waals surface area (Å²) in [6.07, 6.45) is 0.519. The zero-order valence-corrected chi connectivity index (χ0v) is 17.2. The molecule has 0 aliphatic heterocycles. The van der Waals surface area contributed by atoms with Gasteiger partial charge in [0.2, 0.25) is 0 Å². The number of hydrogen-bond acceptors (Lipinski definition) is 5. The maximum atomic E-state index is 12.2. The molecule has 6 heteroatoms. The molecule has 2 aromatic rings. The standard InChI is InChI=1S/C21H29NO4S/c1-4-22(5-2)15-17-25-20-10-8-19(9-11-20)14-16-26-27(23,24)21-12-6-18(3)7-13-21/h6-13H,4-5,14-17H2,1-3H3. The number of nitrogens with zero attached hydrogens (tertiary/aromatic N) is 1. The van der Waals surface area contributed by atoms with Gasteiger partial charge in [-0.05, 0) is 56.3 Å². The van der Waals surface area contributed by atoms with E-state index in [0.29, 0.717) is 13.0 Å². The molecule has 5 nitrogen and oxygen atoms in total. The molecule has 0 saturated heterocycles. The smallest absolute Gasteiger partial charge is 0.296 e. The lowest BCUT2D eigenvalue weighted by atomic mass is 10.1. The molecule has 2 rings (SSSR count). The Balaban J connectivity index is 1.78. The Morgan fingerprint density at radius 3 is 2.11 bits per heavy atom. The molecule has 0 aliphatic rings. The van der Waals surface area contributed by atoms with Gasteiger partial charge in [0.1, 0.15) is 12.4 Å². The first-order chi connectivity index (χ1) is 12.9. The number of aryl methyl sites for hydroxylation is 1. The van der Waals surface area contributed by atoms with Crippen LogP contribution in [0, 0.1) is 6.92 Å². The maximum Gasteiger partial charge on any atom is 0.296 e. The molecule has 0 radical (unpaired) electrons. The van der Waals surface area contributed by atoms with Gasteiger partial charge in [-0.15, -0.1) is 0 Å². The van der Waals surface area contributed by atoms with Crippen molar-refractivity contribution in [1.82, 2.24) is 4.90 Å². The van der Waals surface area contributed by atoms with E-state index in [0.717, 1.165) is 36.5 Å². The fraction of sp³-hybridized carbons (Fsp3) is 0.429. The Labute approximate surface area is 163 Å². The number of hydrogen-bond donors (Lipinski definition) is 0. The van der Waals surface area contributed by atoms with Gasteiger partial charge < -0.3 is 9.64 Å². The van der Waals surface area contributed by atoms with E-state index in [9.17, 15) is 8.42 Å². The second-order valence-electron chi connectivity index (χ2n) is 6.36. The number of rotatable bonds is 11. The van der Waals surface area contributed by atoms with Gasteiger partial charge in [0, 0.05) is 6.54 Å². The molecule has 2 aromatic carbocycles. The van der Waals surface area contributed by atoms with Crippen LogP contribution in [0.25, 0.3) is 0 Å². The lowest BCUT2D eigenvalue weighted by Crippen LogP contribution is -2.27. The summed E-state index contributed by atoms with van der Waals surface area (Å²) in [5.74, 6) is 0.819. The molecule has 0 heterocycles. The maximum absolute atomic E-state index is 12.2. The Morgan fingerprint density at radius 2 is 1.52 bits per heavy atom. The Morgan fingerprint density at radius 1 is 0.889 bits per heavy atom. The molecule has 0 spiro atoms. The summed E-state index contributed by atoms with van der Waals surface area (Å²) < 4.78 is 35.2. The van der Waals surface area contributed by atoms with Crippen molar-refractivity contribution in [2.75, 3.05) is 32.8 Å². The third kappa shape index (κ3) is 6.97. The lowest BCUT2D eigenvalue weighted by molar-refractivity contribution is 0.223. The van der Waals surface area contributed by atoms with Gasteiger partial charge in [0.15, 0.2) is 0 Å². The molecule has 0 unspecified atom stereocenters. The molecule has 0 atom stereocenters. The van der Waals surface area contributed by atoms with Gasteiger partial charge in [0.05, 0.1) is 11.5 Å². The van der Waals surface area contributed by atoms with Crippen molar-refractivity contribution in [2.24, 2.45) is 0 Å². The second kappa shape index (κ2) is 10.4. The fourth-order valence-corrected chi connectivity index (χ4v) is 3.54. The normalized spacial score (nSPS) is 11.7. The lowest BCUT2D eigenvalue weighted by Gasteiger charge is -2.18. The molecule has 0 aliphatic carbocycles. The summed E-state index contributed by atoms with van der Waals surface area (Å²) in [7, 11) is -3.71. The second-order valence-corrected chi connectivity index (χ2v) is 7.97. The quantitative estimate of drug-likeness (QED) is 0.547. The van der Waals surface area contributed by atoms with Gasteiger partial charge >= 0.3 is 0 Å². The summed E-state index contributed by atoms with van der Waals surface area (Å²) in [6.45, 7) is 9.89. The average molecular weight is 392 g/mol. The van der Waals surface area contributed by atoms with Crippen LogP contribution in [0.4, 0.5) is 0 Å². The highest BCUT2D eigenvalue weighted by atomic mass is 32.2. The average Bonchev–Trinajstić information content (AvgIpc) is 2.67. The summed E-state index contributed by atoms with van der Waals surface area (Å²) >= 11 is 0. The third-order valence-corrected chi connectivity index (χ3v) is 5.76. The number of benzene rings is 2. The van der Waals surface area contributed by atoms with Crippen molar-refractivity contribution in [1.29, 1.82) is 0 Å². The highest BCUT2D eigenvalue weighted by molar-refractivity contribution is 7.86. The van der Waals surface area contributed by atoms with Crippen LogP contribution in [0.15, 0.2) is 53.4 Å². The largest absolute Gasteiger partial charge is 0.492 e. The third-order valence-electron chi connectivity index (χ3n) is 4.43. The van der Waals surface area contributed by atoms with Crippen LogP contribution in [0.2, 0.25) is 0 Å². The topological polar surface area (TPSA) is 55.8 Å². The van der Waals surface area contributed by atoms with E-state index < -0.39 is 10.1 Å². The van der Waals surface area contributed by atoms with E-state index in [1.54, 1.807) is 24.3 Å². The van der Waals surface area contributed by atoms with E-state index in [-0.39, 0.29) is 11.5 Å². The minimum atomic E-state index is -3.71. The van der Waals surface area contributed by atoms with Crippen LogP contribution < -0.4 is 4.74 Å². The molecule has 27 heavy (non-hydrogen) atoms. The zero-order valence-electron chi connectivity index (χ0n) is 16.3. The van der Waals surface area contributed by atoms with E-state index >= 15 is 0 Å². The molecular weight excluding hydrogens is 362 g/mol. The van der Waals surface area contributed by atoms with Crippen molar-refractivity contribution >= 4 is 10.1 Å². The molecule has 0 fully saturated rings. The minimum Gasteiger partial charge on any atom is -0.492 e. The summed E-state index contributed by atoms with van der Waals surface area (Å²) in [4.78, 5) is 2.49. The van der Waals surface area contributed by atoms with Crippen molar-refractivity contribution in [2.45, 2.75) is 32.1 Å². The molecular formula is C21H29NO4S.